The molecule has 0 unspecified atom stereocenters. The van der Waals surface area contributed by atoms with Crippen molar-refractivity contribution in [2.75, 3.05) is 0 Å². The van der Waals surface area contributed by atoms with Crippen LogP contribution >= 0.6 is 0 Å². The van der Waals surface area contributed by atoms with Crippen LogP contribution in [-0.2, 0) is 9.59 Å². The fraction of sp³-hybridized carbons (Fsp3) is 0.556. The molecule has 0 aliphatic carbocycles. The summed E-state index contributed by atoms with van der Waals surface area (Å²) in [4.78, 5) is 21.2. The van der Waals surface area contributed by atoms with E-state index in [1.165, 1.54) is 6.92 Å². The van der Waals surface area contributed by atoms with Crippen molar-refractivity contribution < 1.29 is 14.7 Å². The van der Waals surface area contributed by atoms with Crippen molar-refractivity contribution in [3.05, 3.63) is 11.6 Å². The molecule has 0 radical (unpaired) electrons. The predicted octanol–water partition coefficient (Wildman–Crippen LogP) is 0.932. The van der Waals surface area contributed by atoms with Crippen molar-refractivity contribution in [2.24, 2.45) is 0 Å². The fourth-order valence-electron chi connectivity index (χ4n) is 0.820. The molecule has 4 nitrogen and oxygen atoms in total. The first-order chi connectivity index (χ1) is 5.93. The number of carboxylic acid groups (broad SMARTS) is 1. The lowest BCUT2D eigenvalue weighted by Gasteiger charge is -2.10. The van der Waals surface area contributed by atoms with Gasteiger partial charge in [0, 0.05) is 6.92 Å². The molecule has 4 heteroatoms. The van der Waals surface area contributed by atoms with Gasteiger partial charge in [0.05, 0.1) is 0 Å². The Kier molecular flexibility index (Phi) is 4.80. The molecule has 0 fully saturated rings. The van der Waals surface area contributed by atoms with Crippen molar-refractivity contribution in [1.29, 1.82) is 0 Å². The molecule has 0 saturated heterocycles. The first-order valence-electron chi connectivity index (χ1n) is 4.06. The van der Waals surface area contributed by atoms with Gasteiger partial charge in [-0.15, -0.1) is 0 Å². The molecule has 2 N–H and O–H groups in total. The molecule has 74 valence electrons. The maximum atomic E-state index is 10.6. The monoisotopic (exact) mass is 185 g/mol. The topological polar surface area (TPSA) is 66.4 Å². The largest absolute Gasteiger partial charge is 0.480 e. The lowest BCUT2D eigenvalue weighted by molar-refractivity contribution is -0.141. The van der Waals surface area contributed by atoms with Crippen LogP contribution in [-0.4, -0.2) is 23.0 Å². The number of nitrogens with one attached hydrogen (secondary N) is 1. The Morgan fingerprint density at radius 3 is 2.23 bits per heavy atom. The fourth-order valence-corrected chi connectivity index (χ4v) is 0.820. The Balaban J connectivity index is 4.19. The molecule has 1 amide bonds. The van der Waals surface area contributed by atoms with E-state index in [-0.39, 0.29) is 5.91 Å². The smallest absolute Gasteiger partial charge is 0.326 e. The van der Waals surface area contributed by atoms with Gasteiger partial charge in [-0.1, -0.05) is 11.6 Å². The van der Waals surface area contributed by atoms with Crippen molar-refractivity contribution in [3.8, 4) is 0 Å². The number of carbonyl (C=O) groups excluding carboxylic acids is 1. The van der Waals surface area contributed by atoms with Crippen LogP contribution in [0.4, 0.5) is 0 Å². The Morgan fingerprint density at radius 2 is 1.92 bits per heavy atom. The van der Waals surface area contributed by atoms with Crippen molar-refractivity contribution >= 4 is 11.9 Å². The molecule has 0 aromatic heterocycles. The van der Waals surface area contributed by atoms with Crippen LogP contribution in [0.5, 0.6) is 0 Å². The predicted molar refractivity (Wildman–Crippen MR) is 49.3 cm³/mol. The summed E-state index contributed by atoms with van der Waals surface area (Å²) in [6.07, 6.45) is 2.12. The zero-order valence-electron chi connectivity index (χ0n) is 8.13. The summed E-state index contributed by atoms with van der Waals surface area (Å²) in [6.45, 7) is 5.07. The minimum atomic E-state index is -1.01. The van der Waals surface area contributed by atoms with E-state index in [1.54, 1.807) is 6.08 Å². The van der Waals surface area contributed by atoms with Gasteiger partial charge < -0.3 is 10.4 Å². The summed E-state index contributed by atoms with van der Waals surface area (Å²) in [7, 11) is 0. The molecule has 0 aliphatic rings. The summed E-state index contributed by atoms with van der Waals surface area (Å²) >= 11 is 0. The van der Waals surface area contributed by atoms with Crippen molar-refractivity contribution in [3.63, 3.8) is 0 Å². The van der Waals surface area contributed by atoms with Gasteiger partial charge in [-0.2, -0.15) is 0 Å². The second-order valence-corrected chi connectivity index (χ2v) is 3.11. The molecule has 13 heavy (non-hydrogen) atoms. The van der Waals surface area contributed by atoms with Gasteiger partial charge >= 0.3 is 5.97 Å². The second kappa shape index (κ2) is 5.35. The van der Waals surface area contributed by atoms with Crippen LogP contribution in [0.3, 0.4) is 0 Å². The van der Waals surface area contributed by atoms with Crippen LogP contribution < -0.4 is 5.32 Å². The average molecular weight is 185 g/mol. The molecule has 0 aromatic carbocycles. The number of carboxylic acids is 1. The molecule has 0 saturated carbocycles. The molecule has 1 atom stereocenters. The maximum absolute atomic E-state index is 10.6. The van der Waals surface area contributed by atoms with Gasteiger partial charge in [0.15, 0.2) is 0 Å². The quantitative estimate of drug-likeness (QED) is 0.640. The first-order valence-corrected chi connectivity index (χ1v) is 4.06. The van der Waals surface area contributed by atoms with Crippen molar-refractivity contribution in [1.82, 2.24) is 5.32 Å². The van der Waals surface area contributed by atoms with E-state index in [1.807, 2.05) is 13.8 Å². The minimum Gasteiger partial charge on any atom is -0.480 e. The van der Waals surface area contributed by atoms with Gasteiger partial charge in [-0.3, -0.25) is 4.79 Å². The SMILES string of the molecule is CC(=O)N[C@@H](CC=C(C)C)C(=O)O. The Morgan fingerprint density at radius 1 is 1.38 bits per heavy atom. The molecule has 0 rings (SSSR count). The lowest BCUT2D eigenvalue weighted by atomic mass is 10.1. The Bertz CT molecular complexity index is 229. The third kappa shape index (κ3) is 5.90. The van der Waals surface area contributed by atoms with Gasteiger partial charge in [0.1, 0.15) is 6.04 Å². The highest BCUT2D eigenvalue weighted by Crippen LogP contribution is 1.98. The third-order valence-corrected chi connectivity index (χ3v) is 1.44. The van der Waals surface area contributed by atoms with Gasteiger partial charge in [0.25, 0.3) is 0 Å². The first kappa shape index (κ1) is 11.7. The highest BCUT2D eigenvalue weighted by atomic mass is 16.4. The summed E-state index contributed by atoms with van der Waals surface area (Å²) in [6, 6.07) is -0.813. The average Bonchev–Trinajstić information content (AvgIpc) is 1.96. The standard InChI is InChI=1S/C9H15NO3/c1-6(2)4-5-8(9(12)13)10-7(3)11/h4,8H,5H2,1-3H3,(H,10,11)(H,12,13)/t8-/m0/s1. The summed E-state index contributed by atoms with van der Waals surface area (Å²) in [5.74, 6) is -1.33. The Hall–Kier alpha value is -1.32. The summed E-state index contributed by atoms with van der Waals surface area (Å²) in [5, 5.41) is 11.0. The normalized spacial score (nSPS) is 11.6. The molecule has 0 aromatic rings. The number of hydrogen-bond donors (Lipinski definition) is 2. The van der Waals surface area contributed by atoms with E-state index in [2.05, 4.69) is 5.32 Å². The van der Waals surface area contributed by atoms with E-state index in [4.69, 9.17) is 5.11 Å². The van der Waals surface area contributed by atoms with Crippen molar-refractivity contribution in [2.45, 2.75) is 33.2 Å². The van der Waals surface area contributed by atoms with Crippen LogP contribution in [0.2, 0.25) is 0 Å². The maximum Gasteiger partial charge on any atom is 0.326 e. The number of hydrogen-bond acceptors (Lipinski definition) is 2. The summed E-state index contributed by atoms with van der Waals surface area (Å²) < 4.78 is 0. The number of amides is 1. The van der Waals surface area contributed by atoms with Crippen LogP contribution in [0.15, 0.2) is 11.6 Å². The molecule has 0 heterocycles. The van der Waals surface area contributed by atoms with Gasteiger partial charge in [0.2, 0.25) is 5.91 Å². The van der Waals surface area contributed by atoms with E-state index < -0.39 is 12.0 Å². The van der Waals surface area contributed by atoms with Gasteiger partial charge in [-0.25, -0.2) is 4.79 Å². The van der Waals surface area contributed by atoms with Gasteiger partial charge in [-0.05, 0) is 20.3 Å². The van der Waals surface area contributed by atoms with E-state index in [9.17, 15) is 9.59 Å². The lowest BCUT2D eigenvalue weighted by Crippen LogP contribution is -2.39. The highest BCUT2D eigenvalue weighted by Gasteiger charge is 2.15. The molecular formula is C9H15NO3. The zero-order valence-corrected chi connectivity index (χ0v) is 8.13. The highest BCUT2D eigenvalue weighted by molar-refractivity contribution is 5.82. The number of rotatable bonds is 4. The molecule has 0 aliphatic heterocycles. The van der Waals surface area contributed by atoms with Crippen LogP contribution in [0.25, 0.3) is 0 Å². The number of carbonyl (C=O) groups is 2. The van der Waals surface area contributed by atoms with Crippen LogP contribution in [0.1, 0.15) is 27.2 Å². The minimum absolute atomic E-state index is 0.324. The van der Waals surface area contributed by atoms with E-state index in [0.29, 0.717) is 6.42 Å². The van der Waals surface area contributed by atoms with E-state index >= 15 is 0 Å². The number of allylic oxidation sites excluding steroid dienone is 1. The number of aliphatic carboxylic acids is 1. The molecular weight excluding hydrogens is 170 g/mol. The van der Waals surface area contributed by atoms with E-state index in [0.717, 1.165) is 5.57 Å². The molecule has 0 spiro atoms. The van der Waals surface area contributed by atoms with Crippen LogP contribution in [0, 0.1) is 0 Å². The molecule has 0 bridgehead atoms. The third-order valence-electron chi connectivity index (χ3n) is 1.44. The Labute approximate surface area is 77.6 Å². The second-order valence-electron chi connectivity index (χ2n) is 3.11. The zero-order chi connectivity index (χ0) is 10.4. The summed E-state index contributed by atoms with van der Waals surface area (Å²) in [5.41, 5.74) is 1.04.